The van der Waals surface area contributed by atoms with Crippen molar-refractivity contribution in [3.63, 3.8) is 0 Å². The highest BCUT2D eigenvalue weighted by atomic mass is 35.5. The molecule has 4 aromatic rings. The lowest BCUT2D eigenvalue weighted by Crippen LogP contribution is -2.28. The Bertz CT molecular complexity index is 1340. The number of hydrogen-bond acceptors (Lipinski definition) is 4. The summed E-state index contributed by atoms with van der Waals surface area (Å²) in [4.78, 5) is 15.7. The summed E-state index contributed by atoms with van der Waals surface area (Å²) in [6.45, 7) is 1.84. The molecule has 170 valence electrons. The number of aromatic nitrogens is 3. The molecule has 0 bridgehead atoms. The molecule has 0 saturated carbocycles. The van der Waals surface area contributed by atoms with Gasteiger partial charge in [0.15, 0.2) is 10.9 Å². The van der Waals surface area contributed by atoms with Crippen molar-refractivity contribution in [2.45, 2.75) is 13.0 Å². The van der Waals surface area contributed by atoms with E-state index in [-0.39, 0.29) is 24.1 Å². The second-order valence-corrected chi connectivity index (χ2v) is 9.05. The van der Waals surface area contributed by atoms with E-state index in [4.69, 9.17) is 16.3 Å². The SMILES string of the molecule is CN(C)CCn1cc(C(=O)C2COc3ccc(F)cc3C2)c2ccc(-c3c[nH]nc3Cl)cc21. The number of hydrogen-bond donors (Lipinski definition) is 1. The van der Waals surface area contributed by atoms with Crippen LogP contribution >= 0.6 is 11.6 Å². The quantitative estimate of drug-likeness (QED) is 0.414. The number of likely N-dealkylation sites (N-methyl/N-ethyl adjacent to an activating group) is 1. The molecule has 1 N–H and O–H groups in total. The normalized spacial score (nSPS) is 15.6. The molecule has 1 atom stereocenters. The van der Waals surface area contributed by atoms with E-state index < -0.39 is 0 Å². The number of rotatable bonds is 6. The maximum absolute atomic E-state index is 13.7. The molecule has 2 aromatic heterocycles. The molecule has 1 aliphatic rings. The Morgan fingerprint density at radius 1 is 1.30 bits per heavy atom. The average molecular weight is 467 g/mol. The van der Waals surface area contributed by atoms with Gasteiger partial charge in [0, 0.05) is 47.5 Å². The molecular weight excluding hydrogens is 443 g/mol. The van der Waals surface area contributed by atoms with Crippen molar-refractivity contribution in [1.82, 2.24) is 19.7 Å². The van der Waals surface area contributed by atoms with Crippen LogP contribution < -0.4 is 4.74 Å². The lowest BCUT2D eigenvalue weighted by atomic mass is 9.89. The molecule has 0 spiro atoms. The summed E-state index contributed by atoms with van der Waals surface area (Å²) in [5.74, 6) is -0.0329. The Balaban J connectivity index is 1.53. The average Bonchev–Trinajstić information content (AvgIpc) is 3.39. The molecule has 0 radical (unpaired) electrons. The number of ether oxygens (including phenoxy) is 1. The second-order valence-electron chi connectivity index (χ2n) is 8.69. The summed E-state index contributed by atoms with van der Waals surface area (Å²) >= 11 is 6.23. The van der Waals surface area contributed by atoms with Gasteiger partial charge in [-0.2, -0.15) is 5.10 Å². The van der Waals surface area contributed by atoms with Gasteiger partial charge in [0.2, 0.25) is 0 Å². The van der Waals surface area contributed by atoms with Gasteiger partial charge in [-0.3, -0.25) is 9.89 Å². The molecule has 2 aromatic carbocycles. The van der Waals surface area contributed by atoms with E-state index in [0.717, 1.165) is 40.7 Å². The Kier molecular flexibility index (Phi) is 5.68. The molecular formula is C25H24ClFN4O2. The van der Waals surface area contributed by atoms with Crippen LogP contribution in [0, 0.1) is 11.7 Å². The van der Waals surface area contributed by atoms with Crippen LogP contribution in [0.4, 0.5) is 4.39 Å². The van der Waals surface area contributed by atoms with Gasteiger partial charge < -0.3 is 14.2 Å². The summed E-state index contributed by atoms with van der Waals surface area (Å²) in [5, 5.41) is 8.08. The van der Waals surface area contributed by atoms with E-state index in [9.17, 15) is 9.18 Å². The second kappa shape index (κ2) is 8.65. The largest absolute Gasteiger partial charge is 0.493 e. The van der Waals surface area contributed by atoms with Gasteiger partial charge in [0.25, 0.3) is 0 Å². The number of carbonyl (C=O) groups excluding carboxylic acids is 1. The number of nitrogens with zero attached hydrogens (tertiary/aromatic N) is 3. The van der Waals surface area contributed by atoms with Crippen LogP contribution in [0.3, 0.4) is 0 Å². The van der Waals surface area contributed by atoms with Crippen molar-refractivity contribution < 1.29 is 13.9 Å². The van der Waals surface area contributed by atoms with Crippen molar-refractivity contribution in [2.24, 2.45) is 5.92 Å². The van der Waals surface area contributed by atoms with Crippen LogP contribution in [0.15, 0.2) is 48.8 Å². The van der Waals surface area contributed by atoms with Gasteiger partial charge in [0.1, 0.15) is 11.6 Å². The van der Waals surface area contributed by atoms with Crippen LogP contribution in [0.1, 0.15) is 15.9 Å². The van der Waals surface area contributed by atoms with Crippen molar-refractivity contribution >= 4 is 28.3 Å². The Labute approximate surface area is 195 Å². The number of ketones is 1. The molecule has 0 amide bonds. The highest BCUT2D eigenvalue weighted by Gasteiger charge is 2.29. The Morgan fingerprint density at radius 3 is 2.91 bits per heavy atom. The summed E-state index contributed by atoms with van der Waals surface area (Å²) in [7, 11) is 4.04. The zero-order valence-corrected chi connectivity index (χ0v) is 19.2. The van der Waals surface area contributed by atoms with E-state index in [1.165, 1.54) is 12.1 Å². The van der Waals surface area contributed by atoms with Crippen molar-refractivity contribution in [3.05, 3.63) is 70.9 Å². The maximum Gasteiger partial charge on any atom is 0.171 e. The van der Waals surface area contributed by atoms with Gasteiger partial charge in [0.05, 0.1) is 12.5 Å². The smallest absolute Gasteiger partial charge is 0.171 e. The molecule has 6 nitrogen and oxygen atoms in total. The van der Waals surface area contributed by atoms with Gasteiger partial charge in [-0.05, 0) is 55.9 Å². The third-order valence-corrected chi connectivity index (χ3v) is 6.43. The standard InChI is InChI=1S/C25H24ClFN4O2/c1-30(2)7-8-31-13-21(19-5-3-15(11-22(19)31)20-12-28-29-25(20)26)24(32)17-9-16-10-18(27)4-6-23(16)33-14-17/h3-6,10-13,17H,7-9,14H2,1-2H3,(H,28,29). The van der Waals surface area contributed by atoms with Crippen LogP contribution in [0.25, 0.3) is 22.0 Å². The fourth-order valence-corrected chi connectivity index (χ4v) is 4.59. The topological polar surface area (TPSA) is 63.1 Å². The van der Waals surface area contributed by atoms with Crippen molar-refractivity contribution in [1.29, 1.82) is 0 Å². The third-order valence-electron chi connectivity index (χ3n) is 6.14. The van der Waals surface area contributed by atoms with Crippen molar-refractivity contribution in [3.8, 4) is 16.9 Å². The third kappa shape index (κ3) is 4.14. The first-order valence-corrected chi connectivity index (χ1v) is 11.2. The number of H-pyrrole nitrogens is 1. The molecule has 1 unspecified atom stereocenters. The molecule has 33 heavy (non-hydrogen) atoms. The van der Waals surface area contributed by atoms with E-state index in [1.807, 2.05) is 38.5 Å². The van der Waals surface area contributed by atoms with Gasteiger partial charge in [-0.1, -0.05) is 23.7 Å². The van der Waals surface area contributed by atoms with E-state index in [2.05, 4.69) is 19.7 Å². The minimum absolute atomic E-state index is 0.00704. The first-order chi connectivity index (χ1) is 15.9. The molecule has 0 saturated heterocycles. The lowest BCUT2D eigenvalue weighted by Gasteiger charge is -2.24. The summed E-state index contributed by atoms with van der Waals surface area (Å²) in [6.07, 6.45) is 4.15. The number of nitrogens with one attached hydrogen (secondary N) is 1. The maximum atomic E-state index is 13.7. The van der Waals surface area contributed by atoms with Gasteiger partial charge >= 0.3 is 0 Å². The van der Waals surface area contributed by atoms with Crippen molar-refractivity contribution in [2.75, 3.05) is 27.2 Å². The molecule has 1 aliphatic heterocycles. The fourth-order valence-electron chi connectivity index (χ4n) is 4.38. The predicted molar refractivity (Wildman–Crippen MR) is 127 cm³/mol. The van der Waals surface area contributed by atoms with Gasteiger partial charge in [-0.15, -0.1) is 0 Å². The van der Waals surface area contributed by atoms with E-state index >= 15 is 0 Å². The van der Waals surface area contributed by atoms with Crippen LogP contribution in [0.2, 0.25) is 5.15 Å². The first kappa shape index (κ1) is 21.7. The molecule has 5 rings (SSSR count). The molecule has 8 heteroatoms. The summed E-state index contributed by atoms with van der Waals surface area (Å²) < 4.78 is 21.6. The highest BCUT2D eigenvalue weighted by molar-refractivity contribution is 6.32. The summed E-state index contributed by atoms with van der Waals surface area (Å²) in [6, 6.07) is 10.4. The predicted octanol–water partition coefficient (Wildman–Crippen LogP) is 4.82. The molecule has 3 heterocycles. The fraction of sp³-hybridized carbons (Fsp3) is 0.280. The highest BCUT2D eigenvalue weighted by Crippen LogP contribution is 2.34. The number of halogens is 2. The number of benzene rings is 2. The number of carbonyl (C=O) groups is 1. The lowest BCUT2D eigenvalue weighted by molar-refractivity contribution is 0.0856. The minimum atomic E-state index is -0.366. The van der Waals surface area contributed by atoms with Crippen LogP contribution in [-0.4, -0.2) is 52.7 Å². The Morgan fingerprint density at radius 2 is 2.15 bits per heavy atom. The Hall–Kier alpha value is -3.16. The molecule has 0 fully saturated rings. The van der Waals surface area contributed by atoms with Crippen LogP contribution in [0.5, 0.6) is 5.75 Å². The zero-order chi connectivity index (χ0) is 23.1. The number of Topliss-reactive ketones (excluding diaryl/α,β-unsaturated/α-hetero) is 1. The molecule has 0 aliphatic carbocycles. The van der Waals surface area contributed by atoms with E-state index in [0.29, 0.717) is 22.9 Å². The minimum Gasteiger partial charge on any atom is -0.493 e. The number of aromatic amines is 1. The first-order valence-electron chi connectivity index (χ1n) is 10.8. The monoisotopic (exact) mass is 466 g/mol. The summed E-state index contributed by atoms with van der Waals surface area (Å²) in [5.41, 5.74) is 4.08. The number of fused-ring (bicyclic) bond motifs is 2. The van der Waals surface area contributed by atoms with E-state index in [1.54, 1.807) is 12.3 Å². The van der Waals surface area contributed by atoms with Crippen LogP contribution in [-0.2, 0) is 13.0 Å². The van der Waals surface area contributed by atoms with Gasteiger partial charge in [-0.25, -0.2) is 4.39 Å². The zero-order valence-electron chi connectivity index (χ0n) is 18.4.